The molecule has 2 N–H and O–H groups in total. The fraction of sp³-hybridized carbons (Fsp3) is 0. The van der Waals surface area contributed by atoms with Crippen molar-refractivity contribution in [3.8, 4) is 0 Å². The van der Waals surface area contributed by atoms with E-state index in [1.807, 2.05) is 115 Å². The maximum atomic E-state index is 4.34. The van der Waals surface area contributed by atoms with Crippen LogP contribution in [0.25, 0.3) is 0 Å². The van der Waals surface area contributed by atoms with Crippen LogP contribution in [0, 0.1) is 0 Å². The van der Waals surface area contributed by atoms with Crippen LogP contribution in [0.1, 0.15) is 0 Å². The van der Waals surface area contributed by atoms with Gasteiger partial charge in [-0.1, -0.05) is 70.5 Å². The summed E-state index contributed by atoms with van der Waals surface area (Å²) < 4.78 is 3.79. The second-order valence-corrected chi connectivity index (χ2v) is 7.12. The summed E-state index contributed by atoms with van der Waals surface area (Å²) in [6.45, 7) is 0. The van der Waals surface area contributed by atoms with Crippen LogP contribution >= 0.6 is 28.7 Å². The predicted octanol–water partition coefficient (Wildman–Crippen LogP) is 7.81. The first-order valence-corrected chi connectivity index (χ1v) is 10.4. The quantitative estimate of drug-likeness (QED) is 0.208. The standard InChI is InChI=1S/C12H10BrN.C12H11N.BHNS/c13-10-6-8-12(9-7-10)14-11-4-2-1-3-5-11;1-3-7-11(8-4-1)13-12-9-5-2-6-10-12;1-2-3/h1-9,14H;1-10,13H;3H. The second-order valence-electron chi connectivity index (χ2n) is 5.97. The van der Waals surface area contributed by atoms with E-state index in [0.29, 0.717) is 0 Å². The Labute approximate surface area is 193 Å². The zero-order chi connectivity index (χ0) is 21.4. The van der Waals surface area contributed by atoms with Crippen molar-refractivity contribution in [3.63, 3.8) is 0 Å². The predicted molar refractivity (Wildman–Crippen MR) is 137 cm³/mol. The third-order valence-electron chi connectivity index (χ3n) is 3.74. The molecular formula is C24H22BBrN3S. The topological polar surface area (TPSA) is 36.4 Å². The smallest absolute Gasteiger partial charge is 0.0384 e. The fourth-order valence-electron chi connectivity index (χ4n) is 2.43. The molecule has 0 spiro atoms. The summed E-state index contributed by atoms with van der Waals surface area (Å²) in [6, 6.07) is 38.5. The molecule has 0 heterocycles. The normalized spacial score (nSPS) is 9.10. The molecule has 0 bridgehead atoms. The Morgan fingerprint density at radius 3 is 1.10 bits per heavy atom. The number of hydrogen-bond donors (Lipinski definition) is 3. The van der Waals surface area contributed by atoms with Gasteiger partial charge >= 0.3 is 24.8 Å². The molecule has 0 aliphatic rings. The molecule has 4 aromatic rings. The molecule has 0 unspecified atom stereocenters. The minimum absolute atomic E-state index is 1.09. The van der Waals surface area contributed by atoms with E-state index in [4.69, 9.17) is 0 Å². The first-order valence-electron chi connectivity index (χ1n) is 9.20. The summed E-state index contributed by atoms with van der Waals surface area (Å²) in [5, 5.41) is 6.61. The fourth-order valence-corrected chi connectivity index (χ4v) is 2.70. The number of hydrogen-bond acceptors (Lipinski definition) is 4. The van der Waals surface area contributed by atoms with Gasteiger partial charge in [-0.25, -0.2) is 0 Å². The monoisotopic (exact) mass is 474 g/mol. The van der Waals surface area contributed by atoms with Crippen molar-refractivity contribution in [2.24, 2.45) is 4.30 Å². The van der Waals surface area contributed by atoms with Crippen LogP contribution < -0.4 is 10.6 Å². The molecule has 4 aromatic carbocycles. The van der Waals surface area contributed by atoms with Gasteiger partial charge in [0.05, 0.1) is 0 Å². The molecule has 0 aliphatic carbocycles. The molecular weight excluding hydrogens is 453 g/mol. The summed E-state index contributed by atoms with van der Waals surface area (Å²) >= 11 is 6.59. The zero-order valence-electron chi connectivity index (χ0n) is 16.3. The number of nitrogens with zero attached hydrogens (tertiary/aromatic N) is 1. The van der Waals surface area contributed by atoms with Gasteiger partial charge < -0.3 is 10.6 Å². The number of rotatable bonds is 4. The molecule has 6 heteroatoms. The van der Waals surface area contributed by atoms with Crippen LogP contribution in [0.15, 0.2) is 124 Å². The van der Waals surface area contributed by atoms with Gasteiger partial charge in [-0.05, 0) is 60.7 Å². The van der Waals surface area contributed by atoms with Crippen molar-refractivity contribution in [3.05, 3.63) is 120 Å². The Hall–Kier alpha value is -2.83. The molecule has 0 amide bonds. The van der Waals surface area contributed by atoms with E-state index in [-0.39, 0.29) is 0 Å². The van der Waals surface area contributed by atoms with Crippen LogP contribution in [0.2, 0.25) is 0 Å². The molecule has 0 atom stereocenters. The van der Waals surface area contributed by atoms with E-state index in [1.54, 1.807) is 0 Å². The number of anilines is 4. The molecule has 0 saturated heterocycles. The third kappa shape index (κ3) is 9.59. The van der Waals surface area contributed by atoms with Crippen LogP contribution in [-0.2, 0) is 0 Å². The molecule has 0 fully saturated rings. The Kier molecular flexibility index (Phi) is 11.1. The maximum absolute atomic E-state index is 4.34. The van der Waals surface area contributed by atoms with Gasteiger partial charge in [0, 0.05) is 27.2 Å². The molecule has 30 heavy (non-hydrogen) atoms. The van der Waals surface area contributed by atoms with Crippen molar-refractivity contribution in [2.45, 2.75) is 0 Å². The maximum Gasteiger partial charge on any atom is 0.0384 e. The van der Waals surface area contributed by atoms with E-state index in [2.05, 4.69) is 51.3 Å². The van der Waals surface area contributed by atoms with Crippen molar-refractivity contribution in [1.29, 1.82) is 0 Å². The summed E-state index contributed by atoms with van der Waals surface area (Å²) in [7, 11) is 4.34. The summed E-state index contributed by atoms with van der Waals surface area (Å²) in [5.74, 6) is 0. The first-order chi connectivity index (χ1) is 14.7. The van der Waals surface area contributed by atoms with Gasteiger partial charge in [-0.3, -0.25) is 0 Å². The summed E-state index contributed by atoms with van der Waals surface area (Å²) in [5.41, 5.74) is 4.44. The van der Waals surface area contributed by atoms with Crippen LogP contribution in [-0.4, -0.2) is 7.64 Å². The number of thiol groups is 1. The van der Waals surface area contributed by atoms with Gasteiger partial charge in [0.15, 0.2) is 0 Å². The Balaban J connectivity index is 0.000000190. The van der Waals surface area contributed by atoms with Crippen LogP contribution in [0.4, 0.5) is 22.7 Å². The van der Waals surface area contributed by atoms with E-state index >= 15 is 0 Å². The number of benzene rings is 4. The second kappa shape index (κ2) is 14.2. The summed E-state index contributed by atoms with van der Waals surface area (Å²) in [6.07, 6.45) is 0. The molecule has 1 radical (unpaired) electrons. The van der Waals surface area contributed by atoms with E-state index in [9.17, 15) is 0 Å². The SMILES string of the molecule is Brc1ccc(Nc2ccccc2)cc1.[B]=NS.c1ccc(Nc2ccccc2)cc1. The summed E-state index contributed by atoms with van der Waals surface area (Å²) in [4.78, 5) is 0. The first kappa shape index (κ1) is 23.5. The molecule has 0 aliphatic heterocycles. The molecule has 0 saturated carbocycles. The van der Waals surface area contributed by atoms with Gasteiger partial charge in [-0.15, -0.1) is 0 Å². The largest absolute Gasteiger partial charge is 0.356 e. The minimum atomic E-state index is 1.09. The average Bonchev–Trinajstić information content (AvgIpc) is 2.79. The molecule has 0 aromatic heterocycles. The van der Waals surface area contributed by atoms with Gasteiger partial charge in [0.25, 0.3) is 0 Å². The van der Waals surface area contributed by atoms with Gasteiger partial charge in [0.1, 0.15) is 0 Å². The van der Waals surface area contributed by atoms with Crippen molar-refractivity contribution in [1.82, 2.24) is 0 Å². The van der Waals surface area contributed by atoms with E-state index in [1.165, 1.54) is 0 Å². The number of halogens is 1. The average molecular weight is 475 g/mol. The number of para-hydroxylation sites is 3. The third-order valence-corrected chi connectivity index (χ3v) is 4.27. The zero-order valence-corrected chi connectivity index (χ0v) is 18.8. The molecule has 3 nitrogen and oxygen atoms in total. The Morgan fingerprint density at radius 1 is 0.533 bits per heavy atom. The van der Waals surface area contributed by atoms with Gasteiger partial charge in [0.2, 0.25) is 0 Å². The number of nitrogens with one attached hydrogen (secondary N) is 2. The van der Waals surface area contributed by atoms with Crippen LogP contribution in [0.5, 0.6) is 0 Å². The van der Waals surface area contributed by atoms with Crippen molar-refractivity contribution in [2.75, 3.05) is 10.6 Å². The van der Waals surface area contributed by atoms with Gasteiger partial charge in [-0.2, -0.15) is 0 Å². The molecule has 4 rings (SSSR count). The van der Waals surface area contributed by atoms with Crippen molar-refractivity contribution >= 4 is 59.1 Å². The Morgan fingerprint density at radius 2 is 0.800 bits per heavy atom. The molecule has 149 valence electrons. The van der Waals surface area contributed by atoms with E-state index in [0.717, 1.165) is 27.2 Å². The minimum Gasteiger partial charge on any atom is -0.356 e. The van der Waals surface area contributed by atoms with Crippen LogP contribution in [0.3, 0.4) is 0 Å². The van der Waals surface area contributed by atoms with E-state index < -0.39 is 0 Å². The Bertz CT molecular complexity index is 932. The van der Waals surface area contributed by atoms with Crippen molar-refractivity contribution < 1.29 is 0 Å².